The zero-order chi connectivity index (χ0) is 11.8. The Kier molecular flexibility index (Phi) is 5.72. The molecule has 0 aliphatic rings. The van der Waals surface area contributed by atoms with Crippen molar-refractivity contribution in [3.05, 3.63) is 30.1 Å². The van der Waals surface area contributed by atoms with Crippen LogP contribution in [0.3, 0.4) is 0 Å². The number of aromatic nitrogens is 1. The summed E-state index contributed by atoms with van der Waals surface area (Å²) in [6.07, 6.45) is 4.33. The van der Waals surface area contributed by atoms with Gasteiger partial charge < -0.3 is 0 Å². The Morgan fingerprint density at radius 3 is 2.88 bits per heavy atom. The van der Waals surface area contributed by atoms with Gasteiger partial charge >= 0.3 is 0 Å². The highest BCUT2D eigenvalue weighted by Crippen LogP contribution is 1.98. The predicted molar refractivity (Wildman–Crippen MR) is 65.4 cm³/mol. The van der Waals surface area contributed by atoms with E-state index in [-0.39, 0.29) is 0 Å². The molecule has 1 heterocycles. The fraction of sp³-hybridized carbons (Fsp3) is 0.538. The lowest BCUT2D eigenvalue weighted by atomic mass is 10.2. The maximum atomic E-state index is 11.4. The van der Waals surface area contributed by atoms with Crippen molar-refractivity contribution in [2.24, 2.45) is 0 Å². The molecule has 0 amide bonds. The SMILES string of the molecule is CCCC(=O)CN(C)CCc1ccccn1. The first-order valence-electron chi connectivity index (χ1n) is 5.82. The van der Waals surface area contributed by atoms with Crippen molar-refractivity contribution >= 4 is 5.78 Å². The molecule has 0 N–H and O–H groups in total. The summed E-state index contributed by atoms with van der Waals surface area (Å²) in [6, 6.07) is 5.92. The van der Waals surface area contributed by atoms with Crippen LogP contribution in [0.25, 0.3) is 0 Å². The number of rotatable bonds is 7. The molecule has 1 aromatic heterocycles. The van der Waals surface area contributed by atoms with Crippen LogP contribution in [0.15, 0.2) is 24.4 Å². The second kappa shape index (κ2) is 7.12. The number of carbonyl (C=O) groups excluding carboxylic acids is 1. The second-order valence-corrected chi connectivity index (χ2v) is 4.10. The quantitative estimate of drug-likeness (QED) is 0.704. The van der Waals surface area contributed by atoms with Gasteiger partial charge in [0.15, 0.2) is 0 Å². The van der Waals surface area contributed by atoms with Crippen LogP contribution >= 0.6 is 0 Å². The normalized spacial score (nSPS) is 10.7. The Bertz CT molecular complexity index is 311. The molecular formula is C13H20N2O. The Morgan fingerprint density at radius 2 is 2.25 bits per heavy atom. The van der Waals surface area contributed by atoms with Crippen molar-refractivity contribution in [3.63, 3.8) is 0 Å². The van der Waals surface area contributed by atoms with Crippen LogP contribution in [0, 0.1) is 0 Å². The van der Waals surface area contributed by atoms with E-state index in [2.05, 4.69) is 9.88 Å². The van der Waals surface area contributed by atoms with E-state index in [9.17, 15) is 4.79 Å². The molecule has 3 heteroatoms. The minimum absolute atomic E-state index is 0.325. The van der Waals surface area contributed by atoms with Crippen molar-refractivity contribution in [2.45, 2.75) is 26.2 Å². The third-order valence-electron chi connectivity index (χ3n) is 2.45. The topological polar surface area (TPSA) is 33.2 Å². The third kappa shape index (κ3) is 5.03. The van der Waals surface area contributed by atoms with Crippen molar-refractivity contribution in [2.75, 3.05) is 20.1 Å². The average molecular weight is 220 g/mol. The molecule has 0 saturated carbocycles. The van der Waals surface area contributed by atoms with Gasteiger partial charge in [0.2, 0.25) is 0 Å². The molecule has 88 valence electrons. The van der Waals surface area contributed by atoms with Crippen LogP contribution in [-0.4, -0.2) is 35.8 Å². The summed E-state index contributed by atoms with van der Waals surface area (Å²) in [6.45, 7) is 3.47. The van der Waals surface area contributed by atoms with E-state index in [1.54, 1.807) is 6.20 Å². The number of ketones is 1. The summed E-state index contributed by atoms with van der Waals surface area (Å²) in [5.74, 6) is 0.325. The number of hydrogen-bond acceptors (Lipinski definition) is 3. The van der Waals surface area contributed by atoms with Crippen LogP contribution in [0.2, 0.25) is 0 Å². The second-order valence-electron chi connectivity index (χ2n) is 4.10. The fourth-order valence-corrected chi connectivity index (χ4v) is 1.59. The molecule has 0 bridgehead atoms. The molecule has 0 aromatic carbocycles. The summed E-state index contributed by atoms with van der Waals surface area (Å²) < 4.78 is 0. The van der Waals surface area contributed by atoms with Crippen molar-refractivity contribution in [3.8, 4) is 0 Å². The van der Waals surface area contributed by atoms with E-state index in [4.69, 9.17) is 0 Å². The Balaban J connectivity index is 2.25. The number of nitrogens with zero attached hydrogens (tertiary/aromatic N) is 2. The maximum absolute atomic E-state index is 11.4. The van der Waals surface area contributed by atoms with Crippen LogP contribution in [0.5, 0.6) is 0 Å². The minimum atomic E-state index is 0.325. The van der Waals surface area contributed by atoms with Gasteiger partial charge in [0.1, 0.15) is 5.78 Å². The van der Waals surface area contributed by atoms with E-state index in [0.717, 1.165) is 25.1 Å². The molecule has 0 atom stereocenters. The molecule has 0 fully saturated rings. The van der Waals surface area contributed by atoms with Crippen molar-refractivity contribution < 1.29 is 4.79 Å². The number of pyridine rings is 1. The van der Waals surface area contributed by atoms with E-state index >= 15 is 0 Å². The van der Waals surface area contributed by atoms with Gasteiger partial charge in [-0.25, -0.2) is 0 Å². The fourth-order valence-electron chi connectivity index (χ4n) is 1.59. The van der Waals surface area contributed by atoms with Crippen LogP contribution < -0.4 is 0 Å². The molecule has 0 aliphatic heterocycles. The molecule has 0 unspecified atom stereocenters. The number of hydrogen-bond donors (Lipinski definition) is 0. The highest BCUT2D eigenvalue weighted by Gasteiger charge is 2.05. The average Bonchev–Trinajstić information content (AvgIpc) is 2.28. The summed E-state index contributed by atoms with van der Waals surface area (Å²) in [5.41, 5.74) is 1.08. The molecule has 0 radical (unpaired) electrons. The standard InChI is InChI=1S/C13H20N2O/c1-3-6-13(16)11-15(2)10-8-12-7-4-5-9-14-12/h4-5,7,9H,3,6,8,10-11H2,1-2H3. The smallest absolute Gasteiger partial charge is 0.146 e. The first-order chi connectivity index (χ1) is 7.72. The van der Waals surface area contributed by atoms with Gasteiger partial charge in [-0.3, -0.25) is 14.7 Å². The van der Waals surface area contributed by atoms with Gasteiger partial charge in [-0.15, -0.1) is 0 Å². The Morgan fingerprint density at radius 1 is 1.44 bits per heavy atom. The molecule has 0 spiro atoms. The molecule has 0 saturated heterocycles. The highest BCUT2D eigenvalue weighted by molar-refractivity contribution is 5.80. The zero-order valence-electron chi connectivity index (χ0n) is 10.1. The van der Waals surface area contributed by atoms with Crippen LogP contribution in [0.1, 0.15) is 25.5 Å². The summed E-state index contributed by atoms with van der Waals surface area (Å²) in [7, 11) is 1.98. The molecule has 1 rings (SSSR count). The lowest BCUT2D eigenvalue weighted by Gasteiger charge is -2.14. The first-order valence-corrected chi connectivity index (χ1v) is 5.82. The monoisotopic (exact) mass is 220 g/mol. The predicted octanol–water partition coefficient (Wildman–Crippen LogP) is 1.93. The van der Waals surface area contributed by atoms with Gasteiger partial charge in [-0.1, -0.05) is 13.0 Å². The number of likely N-dealkylation sites (N-methyl/N-ethyl adjacent to an activating group) is 1. The summed E-state index contributed by atoms with van der Waals surface area (Å²) in [5, 5.41) is 0. The van der Waals surface area contributed by atoms with E-state index in [0.29, 0.717) is 18.7 Å². The first kappa shape index (κ1) is 12.8. The number of Topliss-reactive ketones (excluding diaryl/α,β-unsaturated/α-hetero) is 1. The lowest BCUT2D eigenvalue weighted by molar-refractivity contribution is -0.119. The highest BCUT2D eigenvalue weighted by atomic mass is 16.1. The van der Waals surface area contributed by atoms with Crippen molar-refractivity contribution in [1.82, 2.24) is 9.88 Å². The van der Waals surface area contributed by atoms with Crippen LogP contribution in [-0.2, 0) is 11.2 Å². The lowest BCUT2D eigenvalue weighted by Crippen LogP contribution is -2.27. The van der Waals surface area contributed by atoms with E-state index in [1.807, 2.05) is 32.2 Å². The summed E-state index contributed by atoms with van der Waals surface area (Å²) >= 11 is 0. The minimum Gasteiger partial charge on any atom is -0.299 e. The Labute approximate surface area is 97.5 Å². The van der Waals surface area contributed by atoms with E-state index < -0.39 is 0 Å². The van der Waals surface area contributed by atoms with Gasteiger partial charge in [0, 0.05) is 31.3 Å². The molecule has 0 aliphatic carbocycles. The zero-order valence-corrected chi connectivity index (χ0v) is 10.1. The maximum Gasteiger partial charge on any atom is 0.146 e. The molecule has 3 nitrogen and oxygen atoms in total. The van der Waals surface area contributed by atoms with Crippen LogP contribution in [0.4, 0.5) is 0 Å². The van der Waals surface area contributed by atoms with Gasteiger partial charge in [0.25, 0.3) is 0 Å². The number of carbonyl (C=O) groups is 1. The molecular weight excluding hydrogens is 200 g/mol. The van der Waals surface area contributed by atoms with Gasteiger partial charge in [0.05, 0.1) is 6.54 Å². The molecule has 1 aromatic rings. The van der Waals surface area contributed by atoms with E-state index in [1.165, 1.54) is 0 Å². The summed E-state index contributed by atoms with van der Waals surface area (Å²) in [4.78, 5) is 17.7. The Hall–Kier alpha value is -1.22. The van der Waals surface area contributed by atoms with Crippen molar-refractivity contribution in [1.29, 1.82) is 0 Å². The molecule has 16 heavy (non-hydrogen) atoms. The largest absolute Gasteiger partial charge is 0.299 e. The van der Waals surface area contributed by atoms with Gasteiger partial charge in [-0.05, 0) is 25.6 Å². The third-order valence-corrected chi connectivity index (χ3v) is 2.45. The van der Waals surface area contributed by atoms with Gasteiger partial charge in [-0.2, -0.15) is 0 Å².